The number of hydrogen-bond acceptors (Lipinski definition) is 6. The number of rotatable bonds is 5. The van der Waals surface area contributed by atoms with Crippen molar-refractivity contribution in [2.75, 3.05) is 31.1 Å². The van der Waals surface area contributed by atoms with Gasteiger partial charge in [0.15, 0.2) is 0 Å². The molecule has 0 radical (unpaired) electrons. The van der Waals surface area contributed by atoms with Crippen LogP contribution >= 0.6 is 0 Å². The monoisotopic (exact) mass is 485 g/mol. The summed E-state index contributed by atoms with van der Waals surface area (Å²) in [6.45, 7) is 4.81. The normalized spacial score (nSPS) is 28.0. The van der Waals surface area contributed by atoms with Crippen LogP contribution in [0.5, 0.6) is 0 Å². The number of benzene rings is 1. The maximum absolute atomic E-state index is 13.4. The van der Waals surface area contributed by atoms with Crippen molar-refractivity contribution in [2.45, 2.75) is 45.1 Å². The first-order chi connectivity index (χ1) is 15.8. The quantitative estimate of drug-likeness (QED) is 0.488. The molecular weight excluding hydrogens is 455 g/mol. The van der Waals surface area contributed by atoms with Gasteiger partial charge in [0.2, 0.25) is 17.6 Å². The van der Waals surface area contributed by atoms with E-state index in [4.69, 9.17) is 5.73 Å². The van der Waals surface area contributed by atoms with Gasteiger partial charge in [0.1, 0.15) is 5.92 Å². The molecule has 3 unspecified atom stereocenters. The lowest BCUT2D eigenvalue weighted by Gasteiger charge is -2.49. The van der Waals surface area contributed by atoms with Crippen LogP contribution in [0, 0.1) is 17.3 Å². The molecule has 1 aromatic carbocycles. The molecule has 8 nitrogen and oxygen atoms in total. The minimum absolute atomic E-state index is 0.0757. The van der Waals surface area contributed by atoms with E-state index >= 15 is 0 Å². The summed E-state index contributed by atoms with van der Waals surface area (Å²) in [7, 11) is 0. The Morgan fingerprint density at radius 3 is 2.21 bits per heavy atom. The summed E-state index contributed by atoms with van der Waals surface area (Å²) >= 11 is 0. The van der Waals surface area contributed by atoms with Gasteiger partial charge in [-0.2, -0.15) is 13.2 Å². The number of primary amides is 1. The molecule has 1 saturated heterocycles. The summed E-state index contributed by atoms with van der Waals surface area (Å²) in [6.07, 6.45) is -6.14. The number of nitrogens with two attached hydrogens (primary N) is 1. The van der Waals surface area contributed by atoms with Gasteiger partial charge in [-0.1, -0.05) is 32.0 Å². The van der Waals surface area contributed by atoms with Crippen molar-refractivity contribution < 1.29 is 37.4 Å². The molecule has 34 heavy (non-hydrogen) atoms. The van der Waals surface area contributed by atoms with Crippen LogP contribution in [-0.4, -0.2) is 65.9 Å². The van der Waals surface area contributed by atoms with Gasteiger partial charge in [-0.15, -0.1) is 0 Å². The maximum atomic E-state index is 13.4. The number of para-hydroxylation sites is 1. The summed E-state index contributed by atoms with van der Waals surface area (Å²) < 4.78 is 43.5. The van der Waals surface area contributed by atoms with Crippen LogP contribution in [0.4, 0.5) is 18.9 Å². The largest absolute Gasteiger partial charge is 0.491 e. The molecule has 1 aromatic rings. The Kier molecular flexibility index (Phi) is 7.16. The van der Waals surface area contributed by atoms with Crippen molar-refractivity contribution in [3.63, 3.8) is 0 Å². The Bertz CT molecular complexity index is 918. The number of amides is 2. The van der Waals surface area contributed by atoms with Gasteiger partial charge >= 0.3 is 12.1 Å². The highest BCUT2D eigenvalue weighted by Crippen LogP contribution is 2.50. The molecule has 2 fully saturated rings. The minimum atomic E-state index is -5.38. The molecule has 1 heterocycles. The second-order valence-corrected chi connectivity index (χ2v) is 9.32. The molecule has 0 spiro atoms. The van der Waals surface area contributed by atoms with Crippen LogP contribution in [0.25, 0.3) is 0 Å². The second-order valence-electron chi connectivity index (χ2n) is 9.32. The molecule has 1 aliphatic heterocycles. The minimum Gasteiger partial charge on any atom is -0.426 e. The van der Waals surface area contributed by atoms with E-state index in [1.807, 2.05) is 30.3 Å². The maximum Gasteiger partial charge on any atom is 0.491 e. The molecule has 188 valence electrons. The average molecular weight is 486 g/mol. The van der Waals surface area contributed by atoms with Gasteiger partial charge in [-0.25, -0.2) is 4.79 Å². The van der Waals surface area contributed by atoms with Crippen LogP contribution in [-0.2, 0) is 19.1 Å². The zero-order chi connectivity index (χ0) is 25.3. The molecular formula is C23H30F3N3O5. The number of esters is 1. The van der Waals surface area contributed by atoms with Crippen molar-refractivity contribution in [3.8, 4) is 0 Å². The Hall–Kier alpha value is -2.82. The fourth-order valence-corrected chi connectivity index (χ4v) is 4.96. The standard InChI is InChI=1S/C23H30F3N3O5/c1-15(2)21(19(27)31)9-8-17(22(33,14-21)34-20(32)23(24,25)26)18(30)29-12-10-28(11-13-29)16-6-4-3-5-7-16/h3-7,15,17,33H,8-14H2,1-2H3,(H2,27,31). The van der Waals surface area contributed by atoms with E-state index in [-0.39, 0.29) is 25.9 Å². The Labute approximate surface area is 195 Å². The SMILES string of the molecule is CC(C)C1(C(N)=O)CCC(C(=O)N2CCN(c3ccccc3)CC2)C(O)(OC(=O)C(F)(F)F)C1. The number of carbonyl (C=O) groups is 3. The molecule has 0 bridgehead atoms. The van der Waals surface area contributed by atoms with Gasteiger partial charge in [0, 0.05) is 38.3 Å². The van der Waals surface area contributed by atoms with Crippen LogP contribution in [0.15, 0.2) is 30.3 Å². The summed E-state index contributed by atoms with van der Waals surface area (Å²) in [5.74, 6) is -8.80. The van der Waals surface area contributed by atoms with Crippen LogP contribution in [0.1, 0.15) is 33.1 Å². The van der Waals surface area contributed by atoms with E-state index in [1.54, 1.807) is 13.8 Å². The zero-order valence-corrected chi connectivity index (χ0v) is 19.2. The highest BCUT2D eigenvalue weighted by molar-refractivity contribution is 5.85. The number of alkyl halides is 3. The van der Waals surface area contributed by atoms with Gasteiger partial charge < -0.3 is 25.4 Å². The first-order valence-corrected chi connectivity index (χ1v) is 11.2. The predicted octanol–water partition coefficient (Wildman–Crippen LogP) is 2.06. The smallest absolute Gasteiger partial charge is 0.426 e. The average Bonchev–Trinajstić information content (AvgIpc) is 2.78. The lowest BCUT2D eigenvalue weighted by atomic mass is 9.61. The number of hydrogen-bond donors (Lipinski definition) is 2. The number of aliphatic hydroxyl groups is 1. The van der Waals surface area contributed by atoms with E-state index in [1.165, 1.54) is 4.90 Å². The van der Waals surface area contributed by atoms with E-state index in [0.29, 0.717) is 13.1 Å². The summed E-state index contributed by atoms with van der Waals surface area (Å²) in [4.78, 5) is 40.8. The number of anilines is 1. The van der Waals surface area contributed by atoms with Crippen molar-refractivity contribution in [1.82, 2.24) is 4.90 Å². The summed E-state index contributed by atoms with van der Waals surface area (Å²) in [5.41, 5.74) is 5.11. The first kappa shape index (κ1) is 25.8. The molecule has 1 saturated carbocycles. The van der Waals surface area contributed by atoms with E-state index in [9.17, 15) is 32.7 Å². The lowest BCUT2D eigenvalue weighted by Crippen LogP contribution is -2.62. The Morgan fingerprint density at radius 1 is 1.12 bits per heavy atom. The van der Waals surface area contributed by atoms with Crippen molar-refractivity contribution in [3.05, 3.63) is 30.3 Å². The first-order valence-electron chi connectivity index (χ1n) is 11.2. The van der Waals surface area contributed by atoms with Gasteiger partial charge in [0.25, 0.3) is 0 Å². The molecule has 3 N–H and O–H groups in total. The molecule has 2 aliphatic rings. The number of ether oxygens (including phenoxy) is 1. The van der Waals surface area contributed by atoms with Gasteiger partial charge in [-0.3, -0.25) is 9.59 Å². The van der Waals surface area contributed by atoms with Crippen LogP contribution in [0.2, 0.25) is 0 Å². The number of piperazine rings is 1. The Balaban J connectivity index is 1.82. The van der Waals surface area contributed by atoms with E-state index < -0.39 is 53.4 Å². The molecule has 1 aliphatic carbocycles. The molecule has 0 aromatic heterocycles. The van der Waals surface area contributed by atoms with E-state index in [0.717, 1.165) is 5.69 Å². The summed E-state index contributed by atoms with van der Waals surface area (Å²) in [5, 5.41) is 11.2. The number of halogens is 3. The van der Waals surface area contributed by atoms with Crippen molar-refractivity contribution in [1.29, 1.82) is 0 Å². The Morgan fingerprint density at radius 2 is 1.71 bits per heavy atom. The predicted molar refractivity (Wildman–Crippen MR) is 116 cm³/mol. The highest BCUT2D eigenvalue weighted by Gasteiger charge is 2.60. The third-order valence-electron chi connectivity index (χ3n) is 7.10. The third-order valence-corrected chi connectivity index (χ3v) is 7.10. The van der Waals surface area contributed by atoms with E-state index in [2.05, 4.69) is 9.64 Å². The topological polar surface area (TPSA) is 113 Å². The summed E-state index contributed by atoms with van der Waals surface area (Å²) in [6, 6.07) is 9.54. The fourth-order valence-electron chi connectivity index (χ4n) is 4.96. The molecule has 3 atom stereocenters. The van der Waals surface area contributed by atoms with Crippen LogP contribution in [0.3, 0.4) is 0 Å². The zero-order valence-electron chi connectivity index (χ0n) is 19.2. The molecule has 3 rings (SSSR count). The van der Waals surface area contributed by atoms with Crippen molar-refractivity contribution >= 4 is 23.5 Å². The van der Waals surface area contributed by atoms with Gasteiger partial charge in [0.05, 0.1) is 5.41 Å². The molecule has 11 heteroatoms. The number of nitrogens with zero attached hydrogens (tertiary/aromatic N) is 2. The lowest BCUT2D eigenvalue weighted by molar-refractivity contribution is -0.280. The van der Waals surface area contributed by atoms with Gasteiger partial charge in [-0.05, 0) is 30.9 Å². The number of carbonyl (C=O) groups excluding carboxylic acids is 3. The fraction of sp³-hybridized carbons (Fsp3) is 0.609. The third kappa shape index (κ3) is 4.98. The van der Waals surface area contributed by atoms with Crippen molar-refractivity contribution in [2.24, 2.45) is 23.0 Å². The van der Waals surface area contributed by atoms with Crippen LogP contribution < -0.4 is 10.6 Å². The highest BCUT2D eigenvalue weighted by atomic mass is 19.4. The second kappa shape index (κ2) is 9.44. The molecule has 2 amide bonds.